The van der Waals surface area contributed by atoms with E-state index in [0.29, 0.717) is 18.6 Å². The molecule has 1 fully saturated rings. The van der Waals surface area contributed by atoms with Crippen molar-refractivity contribution in [2.24, 2.45) is 11.8 Å². The predicted molar refractivity (Wildman–Crippen MR) is 80.0 cm³/mol. The molecule has 23 heavy (non-hydrogen) atoms. The number of fused-ring (bicyclic) bond motifs is 1. The second-order valence-electron chi connectivity index (χ2n) is 5.86. The topological polar surface area (TPSA) is 66.8 Å². The van der Waals surface area contributed by atoms with E-state index < -0.39 is 6.10 Å². The highest BCUT2D eigenvalue weighted by Crippen LogP contribution is 2.35. The van der Waals surface area contributed by atoms with Gasteiger partial charge in [-0.25, -0.2) is 4.39 Å². The molecule has 3 unspecified atom stereocenters. The summed E-state index contributed by atoms with van der Waals surface area (Å²) in [6, 6.07) is 5.42. The minimum Gasteiger partial charge on any atom is -0.491 e. The Labute approximate surface area is 133 Å². The molecular weight excluding hydrogens is 301 g/mol. The summed E-state index contributed by atoms with van der Waals surface area (Å²) in [5.74, 6) is -0.976. The van der Waals surface area contributed by atoms with E-state index in [-0.39, 0.29) is 42.6 Å². The number of allylic oxidation sites excluding steroid dienone is 2. The molecule has 6 heteroatoms. The van der Waals surface area contributed by atoms with Gasteiger partial charge >= 0.3 is 0 Å². The summed E-state index contributed by atoms with van der Waals surface area (Å²) < 4.78 is 18.1. The quantitative estimate of drug-likeness (QED) is 0.660. The van der Waals surface area contributed by atoms with E-state index in [1.54, 1.807) is 0 Å². The molecule has 3 atom stereocenters. The molecule has 1 saturated heterocycles. The van der Waals surface area contributed by atoms with Crippen molar-refractivity contribution in [3.05, 3.63) is 42.2 Å². The monoisotopic (exact) mass is 319 g/mol. The zero-order chi connectivity index (χ0) is 16.4. The number of amides is 2. The number of rotatable bonds is 5. The van der Waals surface area contributed by atoms with Gasteiger partial charge in [0.05, 0.1) is 18.4 Å². The van der Waals surface area contributed by atoms with E-state index >= 15 is 0 Å². The maximum absolute atomic E-state index is 12.8. The lowest BCUT2D eigenvalue weighted by atomic mass is 9.85. The average Bonchev–Trinajstić information content (AvgIpc) is 2.80. The number of carbonyl (C=O) groups is 2. The molecule has 1 N–H and O–H groups in total. The number of imide groups is 1. The van der Waals surface area contributed by atoms with E-state index in [1.165, 1.54) is 24.3 Å². The molecule has 5 nitrogen and oxygen atoms in total. The summed E-state index contributed by atoms with van der Waals surface area (Å²) in [4.78, 5) is 25.7. The summed E-state index contributed by atoms with van der Waals surface area (Å²) in [6.07, 6.45) is 4.01. The SMILES string of the molecule is O=C1C2CC=CCC2C(=O)N1CC(O)COc1ccc(F)cc1. The minimum absolute atomic E-state index is 0.0731. The third-order valence-electron chi connectivity index (χ3n) is 4.25. The summed E-state index contributed by atoms with van der Waals surface area (Å²) in [5.41, 5.74) is 0. The van der Waals surface area contributed by atoms with Gasteiger partial charge in [-0.3, -0.25) is 14.5 Å². The molecule has 3 rings (SSSR count). The van der Waals surface area contributed by atoms with Gasteiger partial charge in [0.2, 0.25) is 11.8 Å². The van der Waals surface area contributed by atoms with Crippen molar-refractivity contribution in [1.29, 1.82) is 0 Å². The molecule has 0 aromatic heterocycles. The van der Waals surface area contributed by atoms with Crippen molar-refractivity contribution in [1.82, 2.24) is 4.90 Å². The first-order valence-corrected chi connectivity index (χ1v) is 7.63. The molecule has 0 bridgehead atoms. The number of aliphatic hydroxyl groups is 1. The van der Waals surface area contributed by atoms with Crippen LogP contribution in [-0.4, -0.2) is 41.1 Å². The van der Waals surface area contributed by atoms with Gasteiger partial charge in [0, 0.05) is 0 Å². The number of ether oxygens (including phenoxy) is 1. The number of halogens is 1. The number of hydrogen-bond donors (Lipinski definition) is 1. The molecule has 1 heterocycles. The Bertz CT molecular complexity index is 602. The standard InChI is InChI=1S/C17H18FNO4/c18-11-5-7-13(8-6-11)23-10-12(20)9-19-16(21)14-3-1-2-4-15(14)17(19)22/h1-2,5-8,12,14-15,20H,3-4,9-10H2. The fourth-order valence-electron chi connectivity index (χ4n) is 3.04. The van der Waals surface area contributed by atoms with Crippen molar-refractivity contribution in [2.45, 2.75) is 18.9 Å². The highest BCUT2D eigenvalue weighted by atomic mass is 19.1. The summed E-state index contributed by atoms with van der Waals surface area (Å²) in [6.45, 7) is -0.151. The Morgan fingerprint density at radius 3 is 2.26 bits per heavy atom. The Morgan fingerprint density at radius 1 is 1.13 bits per heavy atom. The number of nitrogens with zero attached hydrogens (tertiary/aromatic N) is 1. The van der Waals surface area contributed by atoms with Crippen LogP contribution in [0.15, 0.2) is 36.4 Å². The first kappa shape index (κ1) is 15.7. The van der Waals surface area contributed by atoms with Crippen molar-refractivity contribution >= 4 is 11.8 Å². The molecule has 0 spiro atoms. The molecule has 2 amide bonds. The molecule has 1 aliphatic heterocycles. The first-order chi connectivity index (χ1) is 11.1. The Balaban J connectivity index is 1.55. The van der Waals surface area contributed by atoms with Crippen molar-refractivity contribution in [3.8, 4) is 5.75 Å². The minimum atomic E-state index is -0.985. The maximum Gasteiger partial charge on any atom is 0.233 e. The highest BCUT2D eigenvalue weighted by molar-refractivity contribution is 6.05. The summed E-state index contributed by atoms with van der Waals surface area (Å²) in [5, 5.41) is 10.0. The number of hydrogen-bond acceptors (Lipinski definition) is 4. The second kappa shape index (κ2) is 6.50. The number of likely N-dealkylation sites (tertiary alicyclic amines) is 1. The smallest absolute Gasteiger partial charge is 0.233 e. The number of carbonyl (C=O) groups excluding carboxylic acids is 2. The summed E-state index contributed by atoms with van der Waals surface area (Å²) >= 11 is 0. The van der Waals surface area contributed by atoms with E-state index in [4.69, 9.17) is 4.74 Å². The molecule has 0 radical (unpaired) electrons. The van der Waals surface area contributed by atoms with Crippen molar-refractivity contribution in [3.63, 3.8) is 0 Å². The van der Waals surface area contributed by atoms with Crippen molar-refractivity contribution in [2.75, 3.05) is 13.2 Å². The third kappa shape index (κ3) is 3.27. The Hall–Kier alpha value is -2.21. The fourth-order valence-corrected chi connectivity index (χ4v) is 3.04. The largest absolute Gasteiger partial charge is 0.491 e. The third-order valence-corrected chi connectivity index (χ3v) is 4.25. The first-order valence-electron chi connectivity index (χ1n) is 7.63. The van der Waals surface area contributed by atoms with E-state index in [2.05, 4.69) is 0 Å². The van der Waals surface area contributed by atoms with Gasteiger partial charge in [-0.15, -0.1) is 0 Å². The zero-order valence-electron chi connectivity index (χ0n) is 12.5. The normalized spacial score (nSPS) is 24.7. The van der Waals surface area contributed by atoms with Crippen LogP contribution in [0.3, 0.4) is 0 Å². The van der Waals surface area contributed by atoms with Gasteiger partial charge in [0.15, 0.2) is 0 Å². The second-order valence-corrected chi connectivity index (χ2v) is 5.86. The lowest BCUT2D eigenvalue weighted by molar-refractivity contribution is -0.141. The van der Waals surface area contributed by atoms with Gasteiger partial charge in [-0.2, -0.15) is 0 Å². The molecule has 1 aromatic carbocycles. The summed E-state index contributed by atoms with van der Waals surface area (Å²) in [7, 11) is 0. The van der Waals surface area contributed by atoms with Gasteiger partial charge in [-0.1, -0.05) is 12.2 Å². The van der Waals surface area contributed by atoms with E-state index in [1.807, 2.05) is 12.2 Å². The molecule has 1 aromatic rings. The van der Waals surface area contributed by atoms with Crippen LogP contribution in [0.2, 0.25) is 0 Å². The lowest BCUT2D eigenvalue weighted by Crippen LogP contribution is -2.40. The number of benzene rings is 1. The van der Waals surface area contributed by atoms with Gasteiger partial charge in [0.1, 0.15) is 24.3 Å². The molecule has 0 saturated carbocycles. The van der Waals surface area contributed by atoms with Crippen LogP contribution in [0.1, 0.15) is 12.8 Å². The van der Waals surface area contributed by atoms with Crippen LogP contribution in [0.4, 0.5) is 4.39 Å². The Morgan fingerprint density at radius 2 is 1.70 bits per heavy atom. The van der Waals surface area contributed by atoms with Crippen LogP contribution in [0.5, 0.6) is 5.75 Å². The van der Waals surface area contributed by atoms with Gasteiger partial charge in [0.25, 0.3) is 0 Å². The highest BCUT2D eigenvalue weighted by Gasteiger charge is 2.47. The van der Waals surface area contributed by atoms with E-state index in [0.717, 1.165) is 4.90 Å². The van der Waals surface area contributed by atoms with Gasteiger partial charge in [-0.05, 0) is 37.1 Å². The van der Waals surface area contributed by atoms with Crippen LogP contribution in [0, 0.1) is 17.7 Å². The molecular formula is C17H18FNO4. The fraction of sp³-hybridized carbons (Fsp3) is 0.412. The van der Waals surface area contributed by atoms with Crippen LogP contribution >= 0.6 is 0 Å². The number of aliphatic hydroxyl groups excluding tert-OH is 1. The number of β-amino-alcohol motifs (C(OH)–C–C–N with tert-alkyl or cyclic N) is 1. The van der Waals surface area contributed by atoms with Crippen molar-refractivity contribution < 1.29 is 23.8 Å². The van der Waals surface area contributed by atoms with Crippen LogP contribution in [0.25, 0.3) is 0 Å². The predicted octanol–water partition coefficient (Wildman–Crippen LogP) is 1.52. The van der Waals surface area contributed by atoms with Crippen LogP contribution in [-0.2, 0) is 9.59 Å². The Kier molecular flexibility index (Phi) is 4.43. The lowest BCUT2D eigenvalue weighted by Gasteiger charge is -2.19. The maximum atomic E-state index is 12.8. The zero-order valence-corrected chi connectivity index (χ0v) is 12.5. The van der Waals surface area contributed by atoms with E-state index in [9.17, 15) is 19.1 Å². The molecule has 2 aliphatic rings. The molecule has 1 aliphatic carbocycles. The van der Waals surface area contributed by atoms with Crippen LogP contribution < -0.4 is 4.74 Å². The van der Waals surface area contributed by atoms with Gasteiger partial charge < -0.3 is 9.84 Å². The molecule has 122 valence electrons. The average molecular weight is 319 g/mol.